The number of anilines is 2. The molecule has 104 valence electrons. The van der Waals surface area contributed by atoms with E-state index in [1.165, 1.54) is 0 Å². The molecule has 0 heterocycles. The zero-order valence-corrected chi connectivity index (χ0v) is 11.4. The fourth-order valence-electron chi connectivity index (χ4n) is 1.32. The first-order valence-corrected chi connectivity index (χ1v) is 6.12. The number of nitrogens with two attached hydrogens (primary N) is 1. The van der Waals surface area contributed by atoms with Crippen molar-refractivity contribution in [3.05, 3.63) is 24.3 Å². The molecule has 0 radical (unpaired) electrons. The number of nitrogens with one attached hydrogen (secondary N) is 3. The molecule has 6 heteroatoms. The van der Waals surface area contributed by atoms with E-state index in [9.17, 15) is 9.59 Å². The van der Waals surface area contributed by atoms with Gasteiger partial charge in [-0.1, -0.05) is 0 Å². The predicted molar refractivity (Wildman–Crippen MR) is 76.0 cm³/mol. The lowest BCUT2D eigenvalue weighted by molar-refractivity contribution is -0.117. The van der Waals surface area contributed by atoms with Gasteiger partial charge in [-0.15, -0.1) is 0 Å². The molecule has 0 aliphatic heterocycles. The van der Waals surface area contributed by atoms with Crippen LogP contribution in [-0.2, 0) is 4.79 Å². The topological polar surface area (TPSA) is 96.2 Å². The van der Waals surface area contributed by atoms with Gasteiger partial charge < -0.3 is 21.7 Å². The Morgan fingerprint density at radius 3 is 1.89 bits per heavy atom. The lowest BCUT2D eigenvalue weighted by Gasteiger charge is -2.11. The maximum absolute atomic E-state index is 11.5. The van der Waals surface area contributed by atoms with Crippen LogP contribution in [0.3, 0.4) is 0 Å². The Labute approximate surface area is 112 Å². The molecule has 0 aliphatic carbocycles. The zero-order chi connectivity index (χ0) is 14.4. The van der Waals surface area contributed by atoms with Crippen molar-refractivity contribution in [1.29, 1.82) is 0 Å². The number of amides is 3. The van der Waals surface area contributed by atoms with Gasteiger partial charge in [0.25, 0.3) is 0 Å². The Bertz CT molecular complexity index is 440. The number of benzene rings is 1. The number of rotatable bonds is 4. The van der Waals surface area contributed by atoms with Crippen LogP contribution in [0, 0.1) is 0 Å². The molecule has 3 amide bonds. The summed E-state index contributed by atoms with van der Waals surface area (Å²) in [6.07, 6.45) is 0. The standard InChI is InChI=1S/C13H20N4O2/c1-8(2)15-13(19)17-11-6-4-10(5-7-11)16-12(18)9(3)14/h4-9H,14H2,1-3H3,(H,16,18)(H2,15,17,19)/t9-/m0/s1. The SMILES string of the molecule is CC(C)NC(=O)Nc1ccc(NC(=O)[C@H](C)N)cc1. The van der Waals surface area contributed by atoms with Gasteiger partial charge in [0, 0.05) is 17.4 Å². The lowest BCUT2D eigenvalue weighted by Crippen LogP contribution is -2.34. The van der Waals surface area contributed by atoms with Crippen LogP contribution >= 0.6 is 0 Å². The average molecular weight is 264 g/mol. The largest absolute Gasteiger partial charge is 0.336 e. The second-order valence-electron chi connectivity index (χ2n) is 4.61. The first-order valence-electron chi connectivity index (χ1n) is 6.12. The summed E-state index contributed by atoms with van der Waals surface area (Å²) in [5.41, 5.74) is 6.73. The van der Waals surface area contributed by atoms with E-state index in [-0.39, 0.29) is 18.0 Å². The van der Waals surface area contributed by atoms with E-state index >= 15 is 0 Å². The van der Waals surface area contributed by atoms with E-state index in [0.29, 0.717) is 11.4 Å². The fourth-order valence-corrected chi connectivity index (χ4v) is 1.32. The molecule has 5 N–H and O–H groups in total. The lowest BCUT2D eigenvalue weighted by atomic mass is 10.2. The number of carbonyl (C=O) groups excluding carboxylic acids is 2. The molecule has 6 nitrogen and oxygen atoms in total. The third-order valence-electron chi connectivity index (χ3n) is 2.24. The third kappa shape index (κ3) is 5.39. The summed E-state index contributed by atoms with van der Waals surface area (Å²) in [4.78, 5) is 22.8. The molecule has 0 bridgehead atoms. The molecule has 0 saturated heterocycles. The molecule has 1 rings (SSSR count). The molecular weight excluding hydrogens is 244 g/mol. The molecule has 0 spiro atoms. The fraction of sp³-hybridized carbons (Fsp3) is 0.385. The highest BCUT2D eigenvalue weighted by Crippen LogP contribution is 2.13. The Morgan fingerprint density at radius 1 is 1.00 bits per heavy atom. The van der Waals surface area contributed by atoms with Gasteiger partial charge in [-0.3, -0.25) is 4.79 Å². The van der Waals surface area contributed by atoms with Gasteiger partial charge in [0.1, 0.15) is 0 Å². The van der Waals surface area contributed by atoms with Crippen molar-refractivity contribution in [3.63, 3.8) is 0 Å². The number of urea groups is 1. The summed E-state index contributed by atoms with van der Waals surface area (Å²) < 4.78 is 0. The van der Waals surface area contributed by atoms with Crippen molar-refractivity contribution in [1.82, 2.24) is 5.32 Å². The number of hydrogen-bond donors (Lipinski definition) is 4. The van der Waals surface area contributed by atoms with Gasteiger partial charge in [-0.25, -0.2) is 4.79 Å². The van der Waals surface area contributed by atoms with Gasteiger partial charge in [-0.05, 0) is 45.0 Å². The van der Waals surface area contributed by atoms with E-state index in [0.717, 1.165) is 0 Å². The van der Waals surface area contributed by atoms with E-state index in [1.54, 1.807) is 31.2 Å². The predicted octanol–water partition coefficient (Wildman–Crippen LogP) is 1.50. The number of hydrogen-bond acceptors (Lipinski definition) is 3. The third-order valence-corrected chi connectivity index (χ3v) is 2.24. The molecule has 19 heavy (non-hydrogen) atoms. The summed E-state index contributed by atoms with van der Waals surface area (Å²) in [7, 11) is 0. The van der Waals surface area contributed by atoms with Crippen LogP contribution in [0.5, 0.6) is 0 Å². The van der Waals surface area contributed by atoms with Crippen LogP contribution in [0.4, 0.5) is 16.2 Å². The van der Waals surface area contributed by atoms with Crippen LogP contribution in [0.15, 0.2) is 24.3 Å². The maximum atomic E-state index is 11.5. The van der Waals surface area contributed by atoms with E-state index in [2.05, 4.69) is 16.0 Å². The molecule has 0 aliphatic rings. The van der Waals surface area contributed by atoms with E-state index < -0.39 is 6.04 Å². The molecule has 1 aromatic rings. The van der Waals surface area contributed by atoms with Crippen molar-refractivity contribution in [2.75, 3.05) is 10.6 Å². The minimum Gasteiger partial charge on any atom is -0.336 e. The maximum Gasteiger partial charge on any atom is 0.319 e. The van der Waals surface area contributed by atoms with E-state index in [4.69, 9.17) is 5.73 Å². The molecule has 0 saturated carbocycles. The van der Waals surface area contributed by atoms with Gasteiger partial charge in [0.15, 0.2) is 0 Å². The van der Waals surface area contributed by atoms with Crippen LogP contribution in [0.25, 0.3) is 0 Å². The highest BCUT2D eigenvalue weighted by molar-refractivity contribution is 5.95. The van der Waals surface area contributed by atoms with Crippen LogP contribution in [0.2, 0.25) is 0 Å². The minimum atomic E-state index is -0.561. The van der Waals surface area contributed by atoms with Crippen LogP contribution in [0.1, 0.15) is 20.8 Å². The monoisotopic (exact) mass is 264 g/mol. The molecule has 0 unspecified atom stereocenters. The van der Waals surface area contributed by atoms with Crippen LogP contribution in [-0.4, -0.2) is 24.0 Å². The Morgan fingerprint density at radius 2 is 1.47 bits per heavy atom. The summed E-state index contributed by atoms with van der Waals surface area (Å²) in [5.74, 6) is -0.252. The molecule has 1 aromatic carbocycles. The molecule has 0 aromatic heterocycles. The smallest absolute Gasteiger partial charge is 0.319 e. The summed E-state index contributed by atoms with van der Waals surface area (Å²) >= 11 is 0. The first kappa shape index (κ1) is 15.0. The van der Waals surface area contributed by atoms with Crippen molar-refractivity contribution in [2.24, 2.45) is 5.73 Å². The second kappa shape index (κ2) is 6.75. The quantitative estimate of drug-likeness (QED) is 0.663. The van der Waals surface area contributed by atoms with Crippen molar-refractivity contribution in [2.45, 2.75) is 32.9 Å². The van der Waals surface area contributed by atoms with Gasteiger partial charge >= 0.3 is 6.03 Å². The van der Waals surface area contributed by atoms with Crippen molar-refractivity contribution in [3.8, 4) is 0 Å². The van der Waals surface area contributed by atoms with Crippen molar-refractivity contribution >= 4 is 23.3 Å². The Hall–Kier alpha value is -2.08. The highest BCUT2D eigenvalue weighted by Gasteiger charge is 2.07. The van der Waals surface area contributed by atoms with Crippen molar-refractivity contribution < 1.29 is 9.59 Å². The zero-order valence-electron chi connectivity index (χ0n) is 11.4. The number of carbonyl (C=O) groups is 2. The second-order valence-corrected chi connectivity index (χ2v) is 4.61. The normalized spacial score (nSPS) is 11.8. The minimum absolute atomic E-state index is 0.0737. The van der Waals surface area contributed by atoms with Gasteiger partial charge in [0.2, 0.25) is 5.91 Å². The molecular formula is C13H20N4O2. The summed E-state index contributed by atoms with van der Waals surface area (Å²) in [5, 5.41) is 8.07. The van der Waals surface area contributed by atoms with Gasteiger partial charge in [0.05, 0.1) is 6.04 Å². The highest BCUT2D eigenvalue weighted by atomic mass is 16.2. The first-order chi connectivity index (χ1) is 8.88. The average Bonchev–Trinajstić information content (AvgIpc) is 2.30. The Kier molecular flexibility index (Phi) is 5.32. The molecule has 1 atom stereocenters. The molecule has 0 fully saturated rings. The van der Waals surface area contributed by atoms with Gasteiger partial charge in [-0.2, -0.15) is 0 Å². The summed E-state index contributed by atoms with van der Waals surface area (Å²) in [6.45, 7) is 5.37. The van der Waals surface area contributed by atoms with Crippen LogP contribution < -0.4 is 21.7 Å². The summed E-state index contributed by atoms with van der Waals surface area (Å²) in [6, 6.07) is 6.06. The Balaban J connectivity index is 2.57. The van der Waals surface area contributed by atoms with E-state index in [1.807, 2.05) is 13.8 Å².